The Balaban J connectivity index is 1.62. The predicted octanol–water partition coefficient (Wildman–Crippen LogP) is 2.26. The van der Waals surface area contributed by atoms with Crippen LogP contribution in [0.1, 0.15) is 23.1 Å². The summed E-state index contributed by atoms with van der Waals surface area (Å²) in [4.78, 5) is 5.33. The van der Waals surface area contributed by atoms with Gasteiger partial charge in [0, 0.05) is 49.1 Å². The third-order valence-corrected chi connectivity index (χ3v) is 4.24. The number of aryl methyl sites for hydroxylation is 1. The number of rotatable bonds is 5. The molecule has 1 unspecified atom stereocenters. The lowest BCUT2D eigenvalue weighted by Crippen LogP contribution is -2.35. The summed E-state index contributed by atoms with van der Waals surface area (Å²) in [6, 6.07) is 4.41. The molecule has 1 aromatic rings. The van der Waals surface area contributed by atoms with Crippen LogP contribution in [-0.4, -0.2) is 43.8 Å². The number of hydrogen-bond donors (Lipinski definition) is 1. The summed E-state index contributed by atoms with van der Waals surface area (Å²) in [5.41, 5.74) is 0. The van der Waals surface area contributed by atoms with E-state index in [1.54, 1.807) is 0 Å². The molecule has 1 saturated heterocycles. The van der Waals surface area contributed by atoms with Crippen LogP contribution in [0.15, 0.2) is 12.1 Å². The molecule has 102 valence electrons. The first-order valence-electron chi connectivity index (χ1n) is 6.84. The molecule has 0 amide bonds. The van der Waals surface area contributed by atoms with Crippen molar-refractivity contribution in [1.29, 1.82) is 0 Å². The minimum absolute atomic E-state index is 0.382. The van der Waals surface area contributed by atoms with Gasteiger partial charge in [0.25, 0.3) is 0 Å². The van der Waals surface area contributed by atoms with Crippen LogP contribution in [0, 0.1) is 6.92 Å². The van der Waals surface area contributed by atoms with Gasteiger partial charge in [0.05, 0.1) is 6.10 Å². The van der Waals surface area contributed by atoms with E-state index in [0.29, 0.717) is 6.10 Å². The SMILES string of the molecule is Cc1ccc(CNCCN2CCCOC(C)C2)s1. The Morgan fingerprint density at radius 1 is 1.50 bits per heavy atom. The molecule has 4 heteroatoms. The summed E-state index contributed by atoms with van der Waals surface area (Å²) in [6.45, 7) is 10.7. The molecule has 0 aromatic carbocycles. The first-order chi connectivity index (χ1) is 8.74. The van der Waals surface area contributed by atoms with E-state index in [-0.39, 0.29) is 0 Å². The van der Waals surface area contributed by atoms with E-state index in [0.717, 1.165) is 39.2 Å². The van der Waals surface area contributed by atoms with Crippen molar-refractivity contribution in [2.45, 2.75) is 32.9 Å². The second-order valence-electron chi connectivity index (χ2n) is 5.02. The molecule has 1 atom stereocenters. The van der Waals surface area contributed by atoms with Gasteiger partial charge >= 0.3 is 0 Å². The Kier molecular flexibility index (Phi) is 5.63. The van der Waals surface area contributed by atoms with Gasteiger partial charge in [-0.25, -0.2) is 0 Å². The van der Waals surface area contributed by atoms with E-state index in [9.17, 15) is 0 Å². The maximum atomic E-state index is 5.65. The summed E-state index contributed by atoms with van der Waals surface area (Å²) in [5.74, 6) is 0. The standard InChI is InChI=1S/C14H24N2OS/c1-12-11-16(7-3-9-17-12)8-6-15-10-14-5-4-13(2)18-14/h4-5,12,15H,3,6-11H2,1-2H3. The van der Waals surface area contributed by atoms with Crippen molar-refractivity contribution in [3.05, 3.63) is 21.9 Å². The Labute approximate surface area is 114 Å². The highest BCUT2D eigenvalue weighted by molar-refractivity contribution is 7.11. The highest BCUT2D eigenvalue weighted by Crippen LogP contribution is 2.14. The molecular formula is C14H24N2OS. The van der Waals surface area contributed by atoms with Crippen LogP contribution in [-0.2, 0) is 11.3 Å². The first-order valence-corrected chi connectivity index (χ1v) is 7.65. The van der Waals surface area contributed by atoms with E-state index < -0.39 is 0 Å². The summed E-state index contributed by atoms with van der Waals surface area (Å²) >= 11 is 1.88. The quantitative estimate of drug-likeness (QED) is 0.829. The lowest BCUT2D eigenvalue weighted by Gasteiger charge is -2.21. The van der Waals surface area contributed by atoms with Gasteiger partial charge in [-0.05, 0) is 32.4 Å². The van der Waals surface area contributed by atoms with Gasteiger partial charge in [-0.15, -0.1) is 11.3 Å². The molecule has 0 radical (unpaired) electrons. The molecule has 2 heterocycles. The van der Waals surface area contributed by atoms with Crippen molar-refractivity contribution in [1.82, 2.24) is 10.2 Å². The van der Waals surface area contributed by atoms with Gasteiger partial charge < -0.3 is 10.1 Å². The van der Waals surface area contributed by atoms with Gasteiger partial charge in [-0.3, -0.25) is 4.90 Å². The molecule has 3 nitrogen and oxygen atoms in total. The molecule has 18 heavy (non-hydrogen) atoms. The Morgan fingerprint density at radius 2 is 2.39 bits per heavy atom. The molecule has 1 aromatic heterocycles. The minimum atomic E-state index is 0.382. The van der Waals surface area contributed by atoms with Crippen LogP contribution < -0.4 is 5.32 Å². The second kappa shape index (κ2) is 7.24. The number of nitrogens with zero attached hydrogens (tertiary/aromatic N) is 1. The zero-order valence-corrected chi connectivity index (χ0v) is 12.3. The molecular weight excluding hydrogens is 244 g/mol. The highest BCUT2D eigenvalue weighted by atomic mass is 32.1. The number of hydrogen-bond acceptors (Lipinski definition) is 4. The lowest BCUT2D eigenvalue weighted by molar-refractivity contribution is 0.0679. The van der Waals surface area contributed by atoms with Crippen molar-refractivity contribution >= 4 is 11.3 Å². The van der Waals surface area contributed by atoms with Crippen LogP contribution in [0.25, 0.3) is 0 Å². The van der Waals surface area contributed by atoms with Crippen LogP contribution in [0.5, 0.6) is 0 Å². The largest absolute Gasteiger partial charge is 0.377 e. The van der Waals surface area contributed by atoms with E-state index in [1.165, 1.54) is 16.3 Å². The summed E-state index contributed by atoms with van der Waals surface area (Å²) in [5, 5.41) is 3.53. The number of thiophene rings is 1. The van der Waals surface area contributed by atoms with Gasteiger partial charge in [0.2, 0.25) is 0 Å². The van der Waals surface area contributed by atoms with Crippen molar-refractivity contribution in [2.75, 3.05) is 32.8 Å². The molecule has 1 aliphatic heterocycles. The molecule has 0 aliphatic carbocycles. The molecule has 2 rings (SSSR count). The van der Waals surface area contributed by atoms with E-state index in [1.807, 2.05) is 11.3 Å². The lowest BCUT2D eigenvalue weighted by atomic mass is 10.3. The molecule has 1 aliphatic rings. The van der Waals surface area contributed by atoms with Gasteiger partial charge in [-0.2, -0.15) is 0 Å². The molecule has 1 N–H and O–H groups in total. The van der Waals surface area contributed by atoms with Crippen molar-refractivity contribution in [3.63, 3.8) is 0 Å². The average Bonchev–Trinajstić information content (AvgIpc) is 2.63. The maximum absolute atomic E-state index is 5.65. The normalized spacial score (nSPS) is 22.0. The molecule has 1 fully saturated rings. The fraction of sp³-hybridized carbons (Fsp3) is 0.714. The average molecular weight is 268 g/mol. The summed E-state index contributed by atoms with van der Waals surface area (Å²) in [6.07, 6.45) is 1.54. The first kappa shape index (κ1) is 14.0. The topological polar surface area (TPSA) is 24.5 Å². The number of nitrogens with one attached hydrogen (secondary N) is 1. The van der Waals surface area contributed by atoms with E-state index in [4.69, 9.17) is 4.74 Å². The number of ether oxygens (including phenoxy) is 1. The van der Waals surface area contributed by atoms with Crippen LogP contribution in [0.3, 0.4) is 0 Å². The van der Waals surface area contributed by atoms with E-state index >= 15 is 0 Å². The summed E-state index contributed by atoms with van der Waals surface area (Å²) in [7, 11) is 0. The molecule has 0 bridgehead atoms. The zero-order valence-electron chi connectivity index (χ0n) is 11.4. The third kappa shape index (κ3) is 4.69. The van der Waals surface area contributed by atoms with E-state index in [2.05, 4.69) is 36.2 Å². The Bertz CT molecular complexity index is 353. The van der Waals surface area contributed by atoms with Crippen LogP contribution >= 0.6 is 11.3 Å². The minimum Gasteiger partial charge on any atom is -0.377 e. The van der Waals surface area contributed by atoms with Crippen molar-refractivity contribution in [3.8, 4) is 0 Å². The molecule has 0 saturated carbocycles. The highest BCUT2D eigenvalue weighted by Gasteiger charge is 2.13. The monoisotopic (exact) mass is 268 g/mol. The third-order valence-electron chi connectivity index (χ3n) is 3.24. The van der Waals surface area contributed by atoms with Crippen LogP contribution in [0.4, 0.5) is 0 Å². The smallest absolute Gasteiger partial charge is 0.0673 e. The Hall–Kier alpha value is -0.420. The van der Waals surface area contributed by atoms with Gasteiger partial charge in [0.15, 0.2) is 0 Å². The fourth-order valence-electron chi connectivity index (χ4n) is 2.31. The van der Waals surface area contributed by atoms with Gasteiger partial charge in [0.1, 0.15) is 0 Å². The predicted molar refractivity (Wildman–Crippen MR) is 77.2 cm³/mol. The Morgan fingerprint density at radius 3 is 3.17 bits per heavy atom. The second-order valence-corrected chi connectivity index (χ2v) is 6.40. The fourth-order valence-corrected chi connectivity index (χ4v) is 3.17. The van der Waals surface area contributed by atoms with Crippen molar-refractivity contribution in [2.24, 2.45) is 0 Å². The van der Waals surface area contributed by atoms with Crippen molar-refractivity contribution < 1.29 is 4.74 Å². The molecule has 0 spiro atoms. The van der Waals surface area contributed by atoms with Crippen LogP contribution in [0.2, 0.25) is 0 Å². The van der Waals surface area contributed by atoms with Gasteiger partial charge in [-0.1, -0.05) is 0 Å². The maximum Gasteiger partial charge on any atom is 0.0673 e. The zero-order chi connectivity index (χ0) is 12.8. The summed E-state index contributed by atoms with van der Waals surface area (Å²) < 4.78 is 5.65.